The van der Waals surface area contributed by atoms with Gasteiger partial charge in [0.25, 0.3) is 0 Å². The number of halogens is 1. The third kappa shape index (κ3) is 6.29. The van der Waals surface area contributed by atoms with E-state index in [9.17, 15) is 4.79 Å². The molecule has 1 amide bonds. The highest BCUT2D eigenvalue weighted by atomic mass is 79.9. The minimum Gasteiger partial charge on any atom is -0.356 e. The third-order valence-electron chi connectivity index (χ3n) is 4.74. The van der Waals surface area contributed by atoms with E-state index in [1.54, 1.807) is 7.05 Å². The van der Waals surface area contributed by atoms with Gasteiger partial charge < -0.3 is 16.0 Å². The number of likely N-dealkylation sites (tertiary alicyclic amines) is 1. The van der Waals surface area contributed by atoms with E-state index in [1.807, 2.05) is 25.1 Å². The van der Waals surface area contributed by atoms with Crippen molar-refractivity contribution in [3.05, 3.63) is 28.2 Å². The van der Waals surface area contributed by atoms with Gasteiger partial charge in [0.05, 0.1) is 0 Å². The number of benzene rings is 1. The molecule has 1 atom stereocenters. The first-order valence-electron chi connectivity index (χ1n) is 9.28. The van der Waals surface area contributed by atoms with Crippen molar-refractivity contribution < 1.29 is 4.79 Å². The summed E-state index contributed by atoms with van der Waals surface area (Å²) in [5.41, 5.74) is 1.89. The van der Waals surface area contributed by atoms with Gasteiger partial charge in [-0.3, -0.25) is 14.7 Å². The average Bonchev–Trinajstić information content (AvgIpc) is 3.08. The van der Waals surface area contributed by atoms with Crippen LogP contribution in [0.3, 0.4) is 0 Å². The molecular formula is C19H30BrN5O. The molecule has 144 valence electrons. The second-order valence-corrected chi connectivity index (χ2v) is 7.48. The second-order valence-electron chi connectivity index (χ2n) is 6.56. The maximum Gasteiger partial charge on any atom is 0.226 e. The van der Waals surface area contributed by atoms with Crippen LogP contribution >= 0.6 is 15.9 Å². The number of aryl methyl sites for hydroxylation is 1. The zero-order valence-corrected chi connectivity index (χ0v) is 17.5. The molecule has 1 aromatic rings. The lowest BCUT2D eigenvalue weighted by Crippen LogP contribution is -2.45. The Morgan fingerprint density at radius 1 is 1.38 bits per heavy atom. The summed E-state index contributed by atoms with van der Waals surface area (Å²) in [5.74, 6) is 0.743. The Labute approximate surface area is 165 Å². The van der Waals surface area contributed by atoms with Gasteiger partial charge in [0.2, 0.25) is 5.91 Å². The van der Waals surface area contributed by atoms with E-state index in [2.05, 4.69) is 48.7 Å². The van der Waals surface area contributed by atoms with Crippen LogP contribution < -0.4 is 16.0 Å². The van der Waals surface area contributed by atoms with E-state index in [0.29, 0.717) is 19.0 Å². The SMILES string of the molecule is CCN1CCCC1CNC(=NC)NCCC(=O)Nc1ccc(Br)cc1C. The molecule has 6 nitrogen and oxygen atoms in total. The molecule has 0 bridgehead atoms. The summed E-state index contributed by atoms with van der Waals surface area (Å²) < 4.78 is 1.01. The Morgan fingerprint density at radius 3 is 2.88 bits per heavy atom. The van der Waals surface area contributed by atoms with Crippen LogP contribution in [-0.4, -0.2) is 56.0 Å². The first kappa shape index (κ1) is 20.7. The summed E-state index contributed by atoms with van der Waals surface area (Å²) >= 11 is 3.43. The fraction of sp³-hybridized carbons (Fsp3) is 0.579. The largest absolute Gasteiger partial charge is 0.356 e. The number of nitrogens with one attached hydrogen (secondary N) is 3. The van der Waals surface area contributed by atoms with Crippen LogP contribution in [-0.2, 0) is 4.79 Å². The normalized spacial score (nSPS) is 18.0. The smallest absolute Gasteiger partial charge is 0.226 e. The molecule has 0 saturated carbocycles. The number of carbonyl (C=O) groups is 1. The highest BCUT2D eigenvalue weighted by Crippen LogP contribution is 2.20. The van der Waals surface area contributed by atoms with Gasteiger partial charge in [-0.25, -0.2) is 0 Å². The van der Waals surface area contributed by atoms with E-state index < -0.39 is 0 Å². The van der Waals surface area contributed by atoms with Gasteiger partial charge >= 0.3 is 0 Å². The number of nitrogens with zero attached hydrogens (tertiary/aromatic N) is 2. The van der Waals surface area contributed by atoms with Gasteiger partial charge in [-0.05, 0) is 56.6 Å². The summed E-state index contributed by atoms with van der Waals surface area (Å²) in [5, 5.41) is 9.55. The number of anilines is 1. The maximum atomic E-state index is 12.1. The minimum atomic E-state index is -0.00803. The van der Waals surface area contributed by atoms with Crippen molar-refractivity contribution in [1.29, 1.82) is 0 Å². The number of hydrogen-bond acceptors (Lipinski definition) is 3. The number of rotatable bonds is 7. The van der Waals surface area contributed by atoms with Crippen LogP contribution in [0.15, 0.2) is 27.7 Å². The summed E-state index contributed by atoms with van der Waals surface area (Å²) in [4.78, 5) is 18.9. The molecule has 0 radical (unpaired) electrons. The van der Waals surface area contributed by atoms with Crippen molar-refractivity contribution in [1.82, 2.24) is 15.5 Å². The Balaban J connectivity index is 1.70. The van der Waals surface area contributed by atoms with Crippen molar-refractivity contribution in [2.24, 2.45) is 4.99 Å². The van der Waals surface area contributed by atoms with Crippen LogP contribution in [0.1, 0.15) is 31.7 Å². The Bertz CT molecular complexity index is 634. The fourth-order valence-electron chi connectivity index (χ4n) is 3.25. The molecule has 0 aliphatic carbocycles. The average molecular weight is 424 g/mol. The van der Waals surface area contributed by atoms with Gasteiger partial charge in [-0.1, -0.05) is 22.9 Å². The van der Waals surface area contributed by atoms with Gasteiger partial charge in [0.15, 0.2) is 5.96 Å². The van der Waals surface area contributed by atoms with Gasteiger partial charge in [0, 0.05) is 42.8 Å². The van der Waals surface area contributed by atoms with E-state index in [1.165, 1.54) is 19.4 Å². The molecular weight excluding hydrogens is 394 g/mol. The number of amides is 1. The van der Waals surface area contributed by atoms with Crippen molar-refractivity contribution in [3.63, 3.8) is 0 Å². The van der Waals surface area contributed by atoms with Crippen LogP contribution in [0.4, 0.5) is 5.69 Å². The van der Waals surface area contributed by atoms with E-state index in [0.717, 1.165) is 34.8 Å². The molecule has 2 rings (SSSR count). The lowest BCUT2D eigenvalue weighted by Gasteiger charge is -2.23. The number of hydrogen-bond donors (Lipinski definition) is 3. The standard InChI is InChI=1S/C19H30BrN5O/c1-4-25-11-5-6-16(25)13-23-19(21-3)22-10-9-18(26)24-17-8-7-15(20)12-14(17)2/h7-8,12,16H,4-6,9-11,13H2,1-3H3,(H,24,26)(H2,21,22,23). The predicted molar refractivity (Wildman–Crippen MR) is 112 cm³/mol. The van der Waals surface area contributed by atoms with Gasteiger partial charge in [-0.15, -0.1) is 0 Å². The molecule has 1 aliphatic rings. The first-order chi connectivity index (χ1) is 12.5. The van der Waals surface area contributed by atoms with Crippen LogP contribution in [0.25, 0.3) is 0 Å². The van der Waals surface area contributed by atoms with Crippen LogP contribution in [0.5, 0.6) is 0 Å². The molecule has 1 aromatic carbocycles. The van der Waals surface area contributed by atoms with E-state index in [4.69, 9.17) is 0 Å². The number of guanidine groups is 1. The molecule has 1 fully saturated rings. The second kappa shape index (κ2) is 10.5. The summed E-state index contributed by atoms with van der Waals surface area (Å²) in [6.07, 6.45) is 2.88. The highest BCUT2D eigenvalue weighted by Gasteiger charge is 2.22. The quantitative estimate of drug-likeness (QED) is 0.465. The molecule has 1 unspecified atom stereocenters. The van der Waals surface area contributed by atoms with Crippen LogP contribution in [0, 0.1) is 6.92 Å². The first-order valence-corrected chi connectivity index (χ1v) is 10.1. The third-order valence-corrected chi connectivity index (χ3v) is 5.23. The molecule has 1 saturated heterocycles. The minimum absolute atomic E-state index is 0.00803. The molecule has 26 heavy (non-hydrogen) atoms. The maximum absolute atomic E-state index is 12.1. The van der Waals surface area contributed by atoms with Crippen LogP contribution in [0.2, 0.25) is 0 Å². The van der Waals surface area contributed by atoms with Gasteiger partial charge in [0.1, 0.15) is 0 Å². The summed E-state index contributed by atoms with van der Waals surface area (Å²) in [6.45, 7) is 7.89. The number of carbonyl (C=O) groups excluding carboxylic acids is 1. The monoisotopic (exact) mass is 423 g/mol. The van der Waals surface area contributed by atoms with Crippen molar-refractivity contribution in [2.75, 3.05) is 38.5 Å². The lowest BCUT2D eigenvalue weighted by molar-refractivity contribution is -0.116. The number of likely N-dealkylation sites (N-methyl/N-ethyl adjacent to an activating group) is 1. The van der Waals surface area contributed by atoms with E-state index >= 15 is 0 Å². The Morgan fingerprint density at radius 2 is 2.19 bits per heavy atom. The zero-order valence-electron chi connectivity index (χ0n) is 15.9. The van der Waals surface area contributed by atoms with Crippen molar-refractivity contribution in [2.45, 2.75) is 39.2 Å². The zero-order chi connectivity index (χ0) is 18.9. The molecule has 1 aliphatic heterocycles. The topological polar surface area (TPSA) is 68.8 Å². The lowest BCUT2D eigenvalue weighted by atomic mass is 10.2. The number of aliphatic imine (C=N–C) groups is 1. The predicted octanol–water partition coefficient (Wildman–Crippen LogP) is 2.74. The molecule has 0 aromatic heterocycles. The fourth-order valence-corrected chi connectivity index (χ4v) is 3.73. The summed E-state index contributed by atoms with van der Waals surface area (Å²) in [7, 11) is 1.76. The Kier molecular flexibility index (Phi) is 8.38. The molecule has 0 spiro atoms. The molecule has 1 heterocycles. The van der Waals surface area contributed by atoms with Crippen molar-refractivity contribution in [3.8, 4) is 0 Å². The molecule has 3 N–H and O–H groups in total. The van der Waals surface area contributed by atoms with Gasteiger partial charge in [-0.2, -0.15) is 0 Å². The molecule has 7 heteroatoms. The van der Waals surface area contributed by atoms with E-state index in [-0.39, 0.29) is 5.91 Å². The van der Waals surface area contributed by atoms with Crippen molar-refractivity contribution >= 4 is 33.5 Å². The Hall–Kier alpha value is -1.60. The highest BCUT2D eigenvalue weighted by molar-refractivity contribution is 9.10. The summed E-state index contributed by atoms with van der Waals surface area (Å²) in [6, 6.07) is 6.39.